The van der Waals surface area contributed by atoms with Crippen LogP contribution in [0.4, 0.5) is 35.3 Å². The number of methoxy groups -OCH3 is 1. The number of nitrogens with one attached hydrogen (secondary N) is 3. The second-order valence-corrected chi connectivity index (χ2v) is 8.70. The molecule has 12 heteroatoms. The Hall–Kier alpha value is -4.58. The van der Waals surface area contributed by atoms with Crippen molar-refractivity contribution in [2.45, 2.75) is 6.18 Å². The molecule has 2 amide bonds. The predicted molar refractivity (Wildman–Crippen MR) is 144 cm³/mol. The lowest BCUT2D eigenvalue weighted by atomic mass is 10.1. The average Bonchev–Trinajstić information content (AvgIpc) is 2.89. The Balaban J connectivity index is 1.53. The Kier molecular flexibility index (Phi) is 8.35. The number of carbonyl (C=O) groups is 1. The molecule has 204 valence electrons. The van der Waals surface area contributed by atoms with Gasteiger partial charge < -0.3 is 30.3 Å². The van der Waals surface area contributed by atoms with E-state index in [0.29, 0.717) is 40.6 Å². The van der Waals surface area contributed by atoms with Crippen molar-refractivity contribution in [1.82, 2.24) is 14.9 Å². The fourth-order valence-electron chi connectivity index (χ4n) is 3.72. The maximum atomic E-state index is 13.2. The minimum absolute atomic E-state index is 0.0900. The van der Waals surface area contributed by atoms with Crippen LogP contribution >= 0.6 is 0 Å². The molecule has 1 aromatic heterocycles. The number of halogens is 3. The molecule has 1 heterocycles. The molecular formula is C27H27F3N6O3. The molecule has 0 spiro atoms. The van der Waals surface area contributed by atoms with E-state index in [-0.39, 0.29) is 11.4 Å². The maximum Gasteiger partial charge on any atom is 0.416 e. The number of fused-ring (bicyclic) bond motifs is 1. The van der Waals surface area contributed by atoms with Crippen LogP contribution in [0.1, 0.15) is 5.56 Å². The van der Waals surface area contributed by atoms with Gasteiger partial charge in [0.15, 0.2) is 0 Å². The number of amides is 2. The molecule has 0 fully saturated rings. The molecule has 0 aliphatic carbocycles. The standard InChI is InChI=1S/C27H27F3N6O3/c1-36(2)15-14-32-25-31-13-12-24(35-25)39-22-11-9-20(18-6-4-5-7-19(18)22)33-26(37)34-21-16-17(27(28,29)30)8-10-23(21)38-3/h4-13,16H,14-15H2,1-3H3,(H,31,32,35)(H2,33,34,37). The van der Waals surface area contributed by atoms with Gasteiger partial charge in [-0.3, -0.25) is 0 Å². The number of anilines is 3. The summed E-state index contributed by atoms with van der Waals surface area (Å²) in [6.07, 6.45) is -2.98. The van der Waals surface area contributed by atoms with Gasteiger partial charge in [-0.2, -0.15) is 18.2 Å². The van der Waals surface area contributed by atoms with E-state index in [1.54, 1.807) is 36.5 Å². The molecular weight excluding hydrogens is 513 g/mol. The number of alkyl halides is 3. The zero-order valence-electron chi connectivity index (χ0n) is 21.5. The summed E-state index contributed by atoms with van der Waals surface area (Å²) in [5.74, 6) is 1.34. The second-order valence-electron chi connectivity index (χ2n) is 8.70. The van der Waals surface area contributed by atoms with Crippen molar-refractivity contribution in [2.75, 3.05) is 50.2 Å². The summed E-state index contributed by atoms with van der Waals surface area (Å²) in [6.45, 7) is 1.47. The van der Waals surface area contributed by atoms with Gasteiger partial charge in [-0.1, -0.05) is 24.3 Å². The summed E-state index contributed by atoms with van der Waals surface area (Å²) in [7, 11) is 5.24. The zero-order valence-corrected chi connectivity index (χ0v) is 21.5. The summed E-state index contributed by atoms with van der Waals surface area (Å²) < 4.78 is 50.6. The number of rotatable bonds is 9. The average molecular weight is 541 g/mol. The lowest BCUT2D eigenvalue weighted by molar-refractivity contribution is -0.137. The van der Waals surface area contributed by atoms with Crippen molar-refractivity contribution in [3.8, 4) is 17.4 Å². The molecule has 3 aromatic carbocycles. The van der Waals surface area contributed by atoms with Crippen LogP contribution in [0.2, 0.25) is 0 Å². The number of hydrogen-bond acceptors (Lipinski definition) is 7. The number of carbonyl (C=O) groups excluding carboxylic acids is 1. The number of nitrogens with zero attached hydrogens (tertiary/aromatic N) is 3. The summed E-state index contributed by atoms with van der Waals surface area (Å²) in [5.41, 5.74) is -0.603. The normalized spacial score (nSPS) is 11.4. The highest BCUT2D eigenvalue weighted by atomic mass is 19.4. The van der Waals surface area contributed by atoms with Crippen molar-refractivity contribution in [3.63, 3.8) is 0 Å². The van der Waals surface area contributed by atoms with E-state index in [0.717, 1.165) is 24.7 Å². The molecule has 0 saturated heterocycles. The maximum absolute atomic E-state index is 13.2. The van der Waals surface area contributed by atoms with Crippen LogP contribution in [0.25, 0.3) is 10.8 Å². The van der Waals surface area contributed by atoms with Crippen LogP contribution in [-0.4, -0.2) is 55.2 Å². The largest absolute Gasteiger partial charge is 0.495 e. The van der Waals surface area contributed by atoms with Gasteiger partial charge in [0.05, 0.1) is 24.0 Å². The fraction of sp³-hybridized carbons (Fsp3) is 0.222. The van der Waals surface area contributed by atoms with Gasteiger partial charge in [-0.25, -0.2) is 9.78 Å². The first-order valence-electron chi connectivity index (χ1n) is 11.9. The smallest absolute Gasteiger partial charge is 0.416 e. The molecule has 0 unspecified atom stereocenters. The molecule has 0 atom stereocenters. The lowest BCUT2D eigenvalue weighted by Gasteiger charge is -2.16. The van der Waals surface area contributed by atoms with Crippen LogP contribution in [0.5, 0.6) is 17.4 Å². The molecule has 3 N–H and O–H groups in total. The van der Waals surface area contributed by atoms with E-state index in [1.165, 1.54) is 7.11 Å². The summed E-state index contributed by atoms with van der Waals surface area (Å²) in [4.78, 5) is 23.4. The Labute approximate surface area is 223 Å². The zero-order chi connectivity index (χ0) is 28.0. The third-order valence-corrected chi connectivity index (χ3v) is 5.59. The summed E-state index contributed by atoms with van der Waals surface area (Å²) >= 11 is 0. The first kappa shape index (κ1) is 27.5. The van der Waals surface area contributed by atoms with Crippen LogP contribution < -0.4 is 25.4 Å². The Bertz CT molecular complexity index is 1460. The Morgan fingerprint density at radius 2 is 1.67 bits per heavy atom. The predicted octanol–water partition coefficient (Wildman–Crippen LogP) is 6.07. The Morgan fingerprint density at radius 3 is 2.38 bits per heavy atom. The van der Waals surface area contributed by atoms with Crippen LogP contribution in [0, 0.1) is 0 Å². The van der Waals surface area contributed by atoms with Crippen molar-refractivity contribution in [1.29, 1.82) is 0 Å². The number of hydrogen-bond donors (Lipinski definition) is 3. The summed E-state index contributed by atoms with van der Waals surface area (Å²) in [6, 6.07) is 14.3. The Morgan fingerprint density at radius 1 is 0.949 bits per heavy atom. The van der Waals surface area contributed by atoms with E-state index >= 15 is 0 Å². The van der Waals surface area contributed by atoms with Crippen LogP contribution in [0.3, 0.4) is 0 Å². The molecule has 4 rings (SSSR count). The molecule has 0 radical (unpaired) electrons. The third-order valence-electron chi connectivity index (χ3n) is 5.59. The van der Waals surface area contributed by atoms with E-state index in [2.05, 4.69) is 25.9 Å². The van der Waals surface area contributed by atoms with Crippen molar-refractivity contribution in [3.05, 3.63) is 72.4 Å². The number of benzene rings is 3. The molecule has 0 bridgehead atoms. The van der Waals surface area contributed by atoms with Crippen molar-refractivity contribution in [2.24, 2.45) is 0 Å². The minimum atomic E-state index is -4.57. The fourth-order valence-corrected chi connectivity index (χ4v) is 3.72. The van der Waals surface area contributed by atoms with E-state index in [9.17, 15) is 18.0 Å². The van der Waals surface area contributed by atoms with Gasteiger partial charge >= 0.3 is 12.2 Å². The molecule has 4 aromatic rings. The van der Waals surface area contributed by atoms with Crippen LogP contribution in [0.15, 0.2) is 66.9 Å². The highest BCUT2D eigenvalue weighted by Gasteiger charge is 2.31. The van der Waals surface area contributed by atoms with Gasteiger partial charge in [0.25, 0.3) is 0 Å². The molecule has 9 nitrogen and oxygen atoms in total. The molecule has 0 aliphatic rings. The van der Waals surface area contributed by atoms with Crippen molar-refractivity contribution >= 4 is 34.1 Å². The highest BCUT2D eigenvalue weighted by Crippen LogP contribution is 2.36. The molecule has 39 heavy (non-hydrogen) atoms. The van der Waals surface area contributed by atoms with Crippen LogP contribution in [-0.2, 0) is 6.18 Å². The van der Waals surface area contributed by atoms with Gasteiger partial charge in [0.2, 0.25) is 11.8 Å². The van der Waals surface area contributed by atoms with E-state index < -0.39 is 17.8 Å². The van der Waals surface area contributed by atoms with E-state index in [1.807, 2.05) is 31.1 Å². The monoisotopic (exact) mass is 540 g/mol. The van der Waals surface area contributed by atoms with E-state index in [4.69, 9.17) is 9.47 Å². The summed E-state index contributed by atoms with van der Waals surface area (Å²) in [5, 5.41) is 9.61. The van der Waals surface area contributed by atoms with Crippen molar-refractivity contribution < 1.29 is 27.4 Å². The minimum Gasteiger partial charge on any atom is -0.495 e. The highest BCUT2D eigenvalue weighted by molar-refractivity contribution is 6.08. The third kappa shape index (κ3) is 7.05. The number of aromatic nitrogens is 2. The second kappa shape index (κ2) is 11.9. The quantitative estimate of drug-likeness (QED) is 0.237. The topological polar surface area (TPSA) is 101 Å². The van der Waals surface area contributed by atoms with Gasteiger partial charge in [-0.15, -0.1) is 0 Å². The number of likely N-dealkylation sites (N-methyl/N-ethyl adjacent to an activating group) is 1. The lowest BCUT2D eigenvalue weighted by Crippen LogP contribution is -2.21. The first-order chi connectivity index (χ1) is 18.6. The number of urea groups is 1. The number of ether oxygens (including phenoxy) is 2. The first-order valence-corrected chi connectivity index (χ1v) is 11.9. The SMILES string of the molecule is COc1ccc(C(F)(F)F)cc1NC(=O)Nc1ccc(Oc2ccnc(NCCN(C)C)n2)c2ccccc12. The van der Waals surface area contributed by atoms with Gasteiger partial charge in [0, 0.05) is 36.1 Å². The van der Waals surface area contributed by atoms with Gasteiger partial charge in [-0.05, 0) is 44.4 Å². The van der Waals surface area contributed by atoms with Gasteiger partial charge in [0.1, 0.15) is 11.5 Å². The molecule has 0 saturated carbocycles. The molecule has 0 aliphatic heterocycles.